The lowest BCUT2D eigenvalue weighted by molar-refractivity contribution is -0.0703. The Bertz CT molecular complexity index is 997. The topological polar surface area (TPSA) is 99.2 Å². The maximum atomic E-state index is 9.99. The van der Waals surface area contributed by atoms with E-state index in [9.17, 15) is 5.11 Å². The van der Waals surface area contributed by atoms with Gasteiger partial charge in [-0.15, -0.1) is 0 Å². The Hall–Kier alpha value is -3.06. The van der Waals surface area contributed by atoms with Gasteiger partial charge in [0.1, 0.15) is 18.1 Å². The Balaban J connectivity index is 1.63. The first-order valence-electron chi connectivity index (χ1n) is 8.75. The molecule has 0 aliphatic carbocycles. The number of phenols is 1. The number of pyridine rings is 1. The smallest absolute Gasteiger partial charge is 0.283 e. The molecule has 1 fully saturated rings. The van der Waals surface area contributed by atoms with Crippen molar-refractivity contribution in [1.82, 2.24) is 4.98 Å². The third kappa shape index (κ3) is 2.46. The molecule has 5 rings (SSSR count). The Kier molecular flexibility index (Phi) is 3.27. The molecule has 0 saturated carbocycles. The second kappa shape index (κ2) is 5.47. The standard InChI is InChI=1S/C20H19N3O4/c1-19(9-25-10-19)5-4-12-6-15-17(22-8-12)27-16-3-2-13(24)7-14(16)20(15)11-26-18(21)23-20/h2-8,24H,9-11H2,1H3,(H2,21,23)/b5-4+. The highest BCUT2D eigenvalue weighted by Crippen LogP contribution is 2.51. The summed E-state index contributed by atoms with van der Waals surface area (Å²) in [4.78, 5) is 9.07. The molecule has 0 bridgehead atoms. The van der Waals surface area contributed by atoms with E-state index in [0.29, 0.717) is 17.2 Å². The quantitative estimate of drug-likeness (QED) is 0.848. The molecule has 1 spiro atoms. The SMILES string of the molecule is CC1(/C=C/c2cnc3c(c2)C2(COC(N)=N2)c2cc(O)ccc2O3)COC1. The molecule has 7 nitrogen and oxygen atoms in total. The maximum Gasteiger partial charge on any atom is 0.283 e. The first-order chi connectivity index (χ1) is 13.0. The highest BCUT2D eigenvalue weighted by Gasteiger charge is 2.47. The lowest BCUT2D eigenvalue weighted by Gasteiger charge is -2.35. The molecule has 3 aliphatic rings. The van der Waals surface area contributed by atoms with Crippen LogP contribution in [0.15, 0.2) is 41.5 Å². The summed E-state index contributed by atoms with van der Waals surface area (Å²) in [7, 11) is 0. The van der Waals surface area contributed by atoms with Crippen molar-refractivity contribution < 1.29 is 19.3 Å². The predicted octanol–water partition coefficient (Wildman–Crippen LogP) is 2.53. The molecule has 1 saturated heterocycles. The predicted molar refractivity (Wildman–Crippen MR) is 98.7 cm³/mol. The lowest BCUT2D eigenvalue weighted by Crippen LogP contribution is -2.37. The van der Waals surface area contributed by atoms with E-state index in [0.717, 1.165) is 24.3 Å². The molecule has 27 heavy (non-hydrogen) atoms. The number of phenolic OH excluding ortho intramolecular Hbond substituents is 1. The molecule has 1 unspecified atom stereocenters. The van der Waals surface area contributed by atoms with Crippen LogP contribution in [0.1, 0.15) is 23.6 Å². The van der Waals surface area contributed by atoms with Gasteiger partial charge in [0.2, 0.25) is 5.88 Å². The number of hydrogen-bond donors (Lipinski definition) is 2. The fourth-order valence-electron chi connectivity index (χ4n) is 3.64. The van der Waals surface area contributed by atoms with Crippen LogP contribution in [0.2, 0.25) is 0 Å². The maximum absolute atomic E-state index is 9.99. The van der Waals surface area contributed by atoms with Gasteiger partial charge in [0, 0.05) is 17.2 Å². The van der Waals surface area contributed by atoms with Crippen LogP contribution in [-0.2, 0) is 15.0 Å². The number of ether oxygens (including phenoxy) is 3. The van der Waals surface area contributed by atoms with Crippen molar-refractivity contribution in [3.05, 3.63) is 53.2 Å². The molecule has 2 aromatic rings. The van der Waals surface area contributed by atoms with Gasteiger partial charge in [-0.2, -0.15) is 0 Å². The van der Waals surface area contributed by atoms with Gasteiger partial charge < -0.3 is 25.1 Å². The number of fused-ring (bicyclic) bond motifs is 4. The number of hydrogen-bond acceptors (Lipinski definition) is 7. The normalized spacial score (nSPS) is 24.6. The van der Waals surface area contributed by atoms with E-state index in [2.05, 4.69) is 23.0 Å². The number of benzene rings is 1. The highest BCUT2D eigenvalue weighted by molar-refractivity contribution is 5.77. The van der Waals surface area contributed by atoms with Crippen LogP contribution in [-0.4, -0.2) is 35.9 Å². The summed E-state index contributed by atoms with van der Waals surface area (Å²) in [5, 5.41) is 9.99. The molecule has 3 aliphatic heterocycles. The Labute approximate surface area is 156 Å². The third-order valence-electron chi connectivity index (χ3n) is 5.20. The summed E-state index contributed by atoms with van der Waals surface area (Å²) in [5.74, 6) is 1.17. The van der Waals surface area contributed by atoms with Crippen LogP contribution in [0.25, 0.3) is 6.08 Å². The minimum Gasteiger partial charge on any atom is -0.508 e. The Morgan fingerprint density at radius 1 is 1.19 bits per heavy atom. The van der Waals surface area contributed by atoms with E-state index >= 15 is 0 Å². The molecule has 1 aromatic carbocycles. The number of aliphatic imine (C=N–C) groups is 1. The highest BCUT2D eigenvalue weighted by atomic mass is 16.5. The van der Waals surface area contributed by atoms with E-state index in [-0.39, 0.29) is 23.8 Å². The van der Waals surface area contributed by atoms with Gasteiger partial charge in [-0.25, -0.2) is 9.98 Å². The minimum absolute atomic E-state index is 0.0571. The molecular weight excluding hydrogens is 346 g/mol. The average Bonchev–Trinajstić information content (AvgIpc) is 3.02. The summed E-state index contributed by atoms with van der Waals surface area (Å²) >= 11 is 0. The van der Waals surface area contributed by atoms with Gasteiger partial charge in [0.25, 0.3) is 6.02 Å². The second-order valence-electron chi connectivity index (χ2n) is 7.48. The van der Waals surface area contributed by atoms with Crippen LogP contribution in [0.4, 0.5) is 0 Å². The van der Waals surface area contributed by atoms with Crippen LogP contribution >= 0.6 is 0 Å². The summed E-state index contributed by atoms with van der Waals surface area (Å²) in [6.45, 7) is 3.82. The first kappa shape index (κ1) is 16.1. The molecule has 0 radical (unpaired) electrons. The van der Waals surface area contributed by atoms with Crippen molar-refractivity contribution in [3.8, 4) is 17.4 Å². The van der Waals surface area contributed by atoms with E-state index in [1.165, 1.54) is 0 Å². The van der Waals surface area contributed by atoms with Gasteiger partial charge in [-0.3, -0.25) is 0 Å². The molecule has 1 aromatic heterocycles. The van der Waals surface area contributed by atoms with E-state index in [4.69, 9.17) is 19.9 Å². The zero-order valence-electron chi connectivity index (χ0n) is 14.8. The van der Waals surface area contributed by atoms with Gasteiger partial charge >= 0.3 is 0 Å². The fraction of sp³-hybridized carbons (Fsp3) is 0.300. The zero-order valence-corrected chi connectivity index (χ0v) is 14.8. The van der Waals surface area contributed by atoms with Crippen molar-refractivity contribution in [1.29, 1.82) is 0 Å². The van der Waals surface area contributed by atoms with E-state index in [1.54, 1.807) is 24.4 Å². The monoisotopic (exact) mass is 365 g/mol. The molecule has 3 N–H and O–H groups in total. The van der Waals surface area contributed by atoms with Gasteiger partial charge in [-0.05, 0) is 29.8 Å². The fourth-order valence-corrected chi connectivity index (χ4v) is 3.64. The zero-order chi connectivity index (χ0) is 18.6. The van der Waals surface area contributed by atoms with E-state index < -0.39 is 5.54 Å². The Morgan fingerprint density at radius 3 is 2.74 bits per heavy atom. The number of nitrogens with zero attached hydrogens (tertiary/aromatic N) is 2. The van der Waals surface area contributed by atoms with Crippen molar-refractivity contribution in [3.63, 3.8) is 0 Å². The second-order valence-corrected chi connectivity index (χ2v) is 7.48. The molecule has 0 amide bonds. The number of aromatic hydroxyl groups is 1. The summed E-state index contributed by atoms with van der Waals surface area (Å²) in [6, 6.07) is 7.00. The van der Waals surface area contributed by atoms with Gasteiger partial charge in [0.15, 0.2) is 5.54 Å². The lowest BCUT2D eigenvalue weighted by atomic mass is 9.81. The summed E-state index contributed by atoms with van der Waals surface area (Å²) < 4.78 is 16.8. The number of amidine groups is 1. The van der Waals surface area contributed by atoms with Gasteiger partial charge in [-0.1, -0.05) is 19.1 Å². The number of aromatic nitrogens is 1. The number of rotatable bonds is 2. The minimum atomic E-state index is -0.883. The van der Waals surface area contributed by atoms with Crippen LogP contribution in [0, 0.1) is 5.41 Å². The van der Waals surface area contributed by atoms with E-state index in [1.807, 2.05) is 12.1 Å². The van der Waals surface area contributed by atoms with Crippen molar-refractivity contribution in [2.75, 3.05) is 19.8 Å². The third-order valence-corrected chi connectivity index (χ3v) is 5.20. The van der Waals surface area contributed by atoms with Gasteiger partial charge in [0.05, 0.1) is 18.8 Å². The molecular formula is C20H19N3O4. The van der Waals surface area contributed by atoms with Crippen molar-refractivity contribution in [2.24, 2.45) is 16.1 Å². The summed E-state index contributed by atoms with van der Waals surface area (Å²) in [6.07, 6.45) is 5.93. The first-order valence-corrected chi connectivity index (χ1v) is 8.75. The molecule has 1 atom stereocenters. The van der Waals surface area contributed by atoms with Crippen LogP contribution in [0.3, 0.4) is 0 Å². The van der Waals surface area contributed by atoms with Crippen LogP contribution in [0.5, 0.6) is 17.4 Å². The average molecular weight is 365 g/mol. The molecule has 138 valence electrons. The molecule has 7 heteroatoms. The van der Waals surface area contributed by atoms with Crippen molar-refractivity contribution >= 4 is 12.1 Å². The number of nitrogens with two attached hydrogens (primary N) is 1. The van der Waals surface area contributed by atoms with Crippen LogP contribution < -0.4 is 10.5 Å². The Morgan fingerprint density at radius 2 is 2.04 bits per heavy atom. The van der Waals surface area contributed by atoms with Crippen molar-refractivity contribution in [2.45, 2.75) is 12.5 Å². The summed E-state index contributed by atoms with van der Waals surface area (Å²) in [5.41, 5.74) is 7.42. The molecule has 4 heterocycles. The largest absolute Gasteiger partial charge is 0.508 e.